The molecule has 1 heterocycles. The Balaban J connectivity index is 2.93. The molecule has 3 heteroatoms. The van der Waals surface area contributed by atoms with E-state index in [1.54, 1.807) is 6.21 Å². The minimum absolute atomic E-state index is 0.650. The van der Waals surface area contributed by atoms with Crippen molar-refractivity contribution in [1.29, 1.82) is 5.26 Å². The number of nitrogens with zero attached hydrogens (tertiary/aromatic N) is 3. The topological polar surface area (TPSA) is 48.5 Å². The van der Waals surface area contributed by atoms with E-state index < -0.39 is 5.66 Å². The number of hydrogen-bond acceptors (Lipinski definition) is 3. The molecule has 0 aromatic rings. The van der Waals surface area contributed by atoms with Crippen LogP contribution in [0.2, 0.25) is 0 Å². The summed E-state index contributed by atoms with van der Waals surface area (Å²) in [7, 11) is 0. The summed E-state index contributed by atoms with van der Waals surface area (Å²) in [6.45, 7) is 3.75. The van der Waals surface area contributed by atoms with Crippen LogP contribution in [0.4, 0.5) is 0 Å². The molecule has 0 bridgehead atoms. The molecule has 0 aromatic heterocycles. The molecule has 0 aromatic carbocycles. The zero-order valence-electron chi connectivity index (χ0n) is 6.13. The first kappa shape index (κ1) is 6.94. The van der Waals surface area contributed by atoms with Crippen LogP contribution in [-0.2, 0) is 0 Å². The lowest BCUT2D eigenvalue weighted by atomic mass is 10.1. The monoisotopic (exact) mass is 135 g/mol. The Bertz CT molecular complexity index is 234. The Morgan fingerprint density at radius 2 is 2.50 bits per heavy atom. The predicted molar refractivity (Wildman–Crippen MR) is 40.2 cm³/mol. The lowest BCUT2D eigenvalue weighted by molar-refractivity contribution is 0.567. The average molecular weight is 135 g/mol. The van der Waals surface area contributed by atoms with E-state index in [0.29, 0.717) is 6.42 Å². The van der Waals surface area contributed by atoms with Gasteiger partial charge in [0.1, 0.15) is 6.07 Å². The van der Waals surface area contributed by atoms with Gasteiger partial charge < -0.3 is 0 Å². The van der Waals surface area contributed by atoms with Crippen LogP contribution in [-0.4, -0.2) is 17.6 Å². The van der Waals surface area contributed by atoms with Crippen LogP contribution in [0.25, 0.3) is 0 Å². The molecule has 1 aliphatic heterocycles. The van der Waals surface area contributed by atoms with E-state index in [9.17, 15) is 0 Å². The highest BCUT2D eigenvalue weighted by Crippen LogP contribution is 2.19. The van der Waals surface area contributed by atoms with Crippen LogP contribution in [0.1, 0.15) is 20.3 Å². The van der Waals surface area contributed by atoms with Gasteiger partial charge in [-0.05, 0) is 6.92 Å². The van der Waals surface area contributed by atoms with Crippen LogP contribution in [0.5, 0.6) is 0 Å². The van der Waals surface area contributed by atoms with Gasteiger partial charge in [-0.15, -0.1) is 0 Å². The Labute approximate surface area is 60.1 Å². The zero-order valence-corrected chi connectivity index (χ0v) is 6.13. The minimum atomic E-state index is -0.788. The maximum Gasteiger partial charge on any atom is 0.236 e. The SMILES string of the molecule is CCC1(C#N)N=CC(C)=N1. The Morgan fingerprint density at radius 3 is 2.70 bits per heavy atom. The van der Waals surface area contributed by atoms with E-state index >= 15 is 0 Å². The molecule has 1 atom stereocenters. The fraction of sp³-hybridized carbons (Fsp3) is 0.571. The summed E-state index contributed by atoms with van der Waals surface area (Å²) in [5.74, 6) is 0. The Kier molecular flexibility index (Phi) is 1.54. The number of aliphatic imine (C=N–C) groups is 2. The van der Waals surface area contributed by atoms with Crippen LogP contribution in [0.15, 0.2) is 9.98 Å². The third kappa shape index (κ3) is 0.926. The van der Waals surface area contributed by atoms with Crippen molar-refractivity contribution in [3.05, 3.63) is 0 Å². The van der Waals surface area contributed by atoms with Crippen LogP contribution < -0.4 is 0 Å². The highest BCUT2D eigenvalue weighted by molar-refractivity contribution is 6.31. The molecule has 0 aliphatic carbocycles. The molecule has 0 saturated heterocycles. The van der Waals surface area contributed by atoms with Crippen LogP contribution >= 0.6 is 0 Å². The summed E-state index contributed by atoms with van der Waals surface area (Å²) >= 11 is 0. The molecule has 1 unspecified atom stereocenters. The van der Waals surface area contributed by atoms with Crippen molar-refractivity contribution >= 4 is 11.9 Å². The van der Waals surface area contributed by atoms with E-state index in [1.165, 1.54) is 0 Å². The molecule has 0 saturated carbocycles. The first-order valence-electron chi connectivity index (χ1n) is 3.25. The number of nitriles is 1. The first-order chi connectivity index (χ1) is 4.72. The lowest BCUT2D eigenvalue weighted by Gasteiger charge is -2.08. The largest absolute Gasteiger partial charge is 0.247 e. The van der Waals surface area contributed by atoms with Gasteiger partial charge in [0.15, 0.2) is 0 Å². The van der Waals surface area contributed by atoms with Gasteiger partial charge in [0.2, 0.25) is 5.66 Å². The van der Waals surface area contributed by atoms with Crippen molar-refractivity contribution in [2.45, 2.75) is 25.9 Å². The standard InChI is InChI=1S/C7H9N3/c1-3-7(5-8)9-4-6(2)10-7/h4H,3H2,1-2H3. The molecule has 0 fully saturated rings. The lowest BCUT2D eigenvalue weighted by Crippen LogP contribution is -2.16. The van der Waals surface area contributed by atoms with Gasteiger partial charge in [-0.3, -0.25) is 0 Å². The average Bonchev–Trinajstić information content (AvgIpc) is 2.33. The molecule has 1 rings (SSSR count). The normalized spacial score (nSPS) is 29.9. The molecule has 0 radical (unpaired) electrons. The van der Waals surface area contributed by atoms with Crippen molar-refractivity contribution in [1.82, 2.24) is 0 Å². The van der Waals surface area contributed by atoms with E-state index in [2.05, 4.69) is 16.1 Å². The van der Waals surface area contributed by atoms with Gasteiger partial charge >= 0.3 is 0 Å². The molecule has 0 N–H and O–H groups in total. The summed E-state index contributed by atoms with van der Waals surface area (Å²) in [6.07, 6.45) is 2.30. The zero-order chi connectivity index (χ0) is 7.61. The second kappa shape index (κ2) is 2.22. The van der Waals surface area contributed by atoms with Crippen LogP contribution in [0.3, 0.4) is 0 Å². The second-order valence-electron chi connectivity index (χ2n) is 2.29. The van der Waals surface area contributed by atoms with E-state index in [0.717, 1.165) is 5.71 Å². The maximum absolute atomic E-state index is 8.66. The maximum atomic E-state index is 8.66. The van der Waals surface area contributed by atoms with Gasteiger partial charge in [0.05, 0.1) is 5.71 Å². The molecule has 3 nitrogen and oxygen atoms in total. The molecule has 10 heavy (non-hydrogen) atoms. The highest BCUT2D eigenvalue weighted by Gasteiger charge is 2.28. The number of rotatable bonds is 1. The van der Waals surface area contributed by atoms with Gasteiger partial charge in [-0.1, -0.05) is 6.92 Å². The molecular formula is C7H9N3. The Morgan fingerprint density at radius 1 is 1.80 bits per heavy atom. The summed E-state index contributed by atoms with van der Waals surface area (Å²) < 4.78 is 0. The number of hydrogen-bond donors (Lipinski definition) is 0. The summed E-state index contributed by atoms with van der Waals surface area (Å²) in [5, 5.41) is 8.66. The van der Waals surface area contributed by atoms with Crippen molar-refractivity contribution in [2.24, 2.45) is 9.98 Å². The van der Waals surface area contributed by atoms with Crippen molar-refractivity contribution in [3.8, 4) is 6.07 Å². The van der Waals surface area contributed by atoms with Gasteiger partial charge in [-0.2, -0.15) is 5.26 Å². The highest BCUT2D eigenvalue weighted by atomic mass is 15.1. The fourth-order valence-electron chi connectivity index (χ4n) is 0.853. The summed E-state index contributed by atoms with van der Waals surface area (Å²) in [5.41, 5.74) is 0.0489. The molecular weight excluding hydrogens is 126 g/mol. The molecule has 1 aliphatic rings. The predicted octanol–water partition coefficient (Wildman–Crippen LogP) is 1.16. The summed E-state index contributed by atoms with van der Waals surface area (Å²) in [4.78, 5) is 8.09. The van der Waals surface area contributed by atoms with Gasteiger partial charge in [0, 0.05) is 12.6 Å². The molecule has 0 spiro atoms. The Hall–Kier alpha value is -1.17. The first-order valence-corrected chi connectivity index (χ1v) is 3.25. The van der Waals surface area contributed by atoms with Gasteiger partial charge in [0.25, 0.3) is 0 Å². The van der Waals surface area contributed by atoms with Crippen molar-refractivity contribution in [3.63, 3.8) is 0 Å². The summed E-state index contributed by atoms with van der Waals surface area (Å²) in [6, 6.07) is 2.07. The van der Waals surface area contributed by atoms with E-state index in [-0.39, 0.29) is 0 Å². The van der Waals surface area contributed by atoms with Gasteiger partial charge in [-0.25, -0.2) is 9.98 Å². The minimum Gasteiger partial charge on any atom is -0.247 e. The smallest absolute Gasteiger partial charge is 0.236 e. The molecule has 0 amide bonds. The molecule has 52 valence electrons. The van der Waals surface area contributed by atoms with Crippen molar-refractivity contribution in [2.75, 3.05) is 0 Å². The second-order valence-corrected chi connectivity index (χ2v) is 2.29. The van der Waals surface area contributed by atoms with E-state index in [1.807, 2.05) is 13.8 Å². The quantitative estimate of drug-likeness (QED) is 0.532. The third-order valence-corrected chi connectivity index (χ3v) is 1.50. The van der Waals surface area contributed by atoms with E-state index in [4.69, 9.17) is 5.26 Å². The third-order valence-electron chi connectivity index (χ3n) is 1.50. The fourth-order valence-corrected chi connectivity index (χ4v) is 0.853. The van der Waals surface area contributed by atoms with Crippen molar-refractivity contribution < 1.29 is 0 Å². The van der Waals surface area contributed by atoms with Crippen LogP contribution in [0, 0.1) is 11.3 Å².